The number of nitriles is 1. The van der Waals surface area contributed by atoms with E-state index in [9.17, 15) is 4.79 Å². The van der Waals surface area contributed by atoms with Gasteiger partial charge in [0.25, 0.3) is 0 Å². The van der Waals surface area contributed by atoms with Crippen molar-refractivity contribution in [3.05, 3.63) is 29.8 Å². The Morgan fingerprint density at radius 1 is 1.33 bits per heavy atom. The lowest BCUT2D eigenvalue weighted by Crippen LogP contribution is -2.54. The number of carbonyl (C=O) groups is 1. The van der Waals surface area contributed by atoms with Crippen molar-refractivity contribution in [2.24, 2.45) is 0 Å². The molecular weight excluding hydrogens is 264 g/mol. The van der Waals surface area contributed by atoms with E-state index >= 15 is 0 Å². The SMILES string of the molecule is CC1CN(CCC(=O)Nc2ccc(C#N)cc2)CC(C)N1. The molecule has 1 heterocycles. The minimum absolute atomic E-state index is 0.0125. The molecule has 112 valence electrons. The van der Waals surface area contributed by atoms with Crippen molar-refractivity contribution in [3.8, 4) is 6.07 Å². The fraction of sp³-hybridized carbons (Fsp3) is 0.500. The number of rotatable bonds is 4. The van der Waals surface area contributed by atoms with Crippen molar-refractivity contribution in [2.45, 2.75) is 32.4 Å². The molecule has 2 atom stereocenters. The van der Waals surface area contributed by atoms with Gasteiger partial charge in [-0.3, -0.25) is 9.69 Å². The Kier molecular flexibility index (Phi) is 5.32. The molecule has 1 amide bonds. The topological polar surface area (TPSA) is 68.2 Å². The molecule has 0 spiro atoms. The van der Waals surface area contributed by atoms with Crippen LogP contribution in [0.2, 0.25) is 0 Å². The monoisotopic (exact) mass is 286 g/mol. The predicted octanol–water partition coefficient (Wildman–Crippen LogP) is 1.57. The number of benzene rings is 1. The molecule has 21 heavy (non-hydrogen) atoms. The third kappa shape index (κ3) is 4.85. The summed E-state index contributed by atoms with van der Waals surface area (Å²) in [4.78, 5) is 14.3. The van der Waals surface area contributed by atoms with Crippen LogP contribution in [0.3, 0.4) is 0 Å². The van der Waals surface area contributed by atoms with Crippen LogP contribution in [-0.4, -0.2) is 42.5 Å². The number of hydrogen-bond donors (Lipinski definition) is 2. The molecule has 0 radical (unpaired) electrons. The van der Waals surface area contributed by atoms with E-state index in [2.05, 4.69) is 35.5 Å². The normalized spacial score (nSPS) is 22.5. The Morgan fingerprint density at radius 3 is 2.52 bits per heavy atom. The summed E-state index contributed by atoms with van der Waals surface area (Å²) in [5.74, 6) is 0.0125. The van der Waals surface area contributed by atoms with Gasteiger partial charge in [-0.05, 0) is 38.1 Å². The van der Waals surface area contributed by atoms with Gasteiger partial charge >= 0.3 is 0 Å². The molecule has 1 aromatic carbocycles. The Morgan fingerprint density at radius 2 is 1.95 bits per heavy atom. The van der Waals surface area contributed by atoms with Crippen LogP contribution < -0.4 is 10.6 Å². The molecule has 2 rings (SSSR count). The smallest absolute Gasteiger partial charge is 0.225 e. The maximum Gasteiger partial charge on any atom is 0.225 e. The van der Waals surface area contributed by atoms with Gasteiger partial charge in [0.2, 0.25) is 5.91 Å². The summed E-state index contributed by atoms with van der Waals surface area (Å²) in [5.41, 5.74) is 1.33. The molecule has 0 bridgehead atoms. The van der Waals surface area contributed by atoms with E-state index in [-0.39, 0.29) is 5.91 Å². The van der Waals surface area contributed by atoms with Crippen LogP contribution in [0.5, 0.6) is 0 Å². The van der Waals surface area contributed by atoms with E-state index in [1.54, 1.807) is 24.3 Å². The minimum Gasteiger partial charge on any atom is -0.326 e. The van der Waals surface area contributed by atoms with E-state index in [0.717, 1.165) is 25.3 Å². The highest BCUT2D eigenvalue weighted by molar-refractivity contribution is 5.90. The summed E-state index contributed by atoms with van der Waals surface area (Å²) >= 11 is 0. The van der Waals surface area contributed by atoms with Gasteiger partial charge in [0.05, 0.1) is 11.6 Å². The van der Waals surface area contributed by atoms with Crippen molar-refractivity contribution in [3.63, 3.8) is 0 Å². The quantitative estimate of drug-likeness (QED) is 0.881. The van der Waals surface area contributed by atoms with Gasteiger partial charge in [-0.2, -0.15) is 5.26 Å². The van der Waals surface area contributed by atoms with Gasteiger partial charge < -0.3 is 10.6 Å². The van der Waals surface area contributed by atoms with Crippen LogP contribution in [0.4, 0.5) is 5.69 Å². The Balaban J connectivity index is 1.78. The molecule has 1 saturated heterocycles. The fourth-order valence-electron chi connectivity index (χ4n) is 2.73. The number of carbonyl (C=O) groups excluding carboxylic acids is 1. The second-order valence-electron chi connectivity index (χ2n) is 5.72. The second-order valence-corrected chi connectivity index (χ2v) is 5.72. The third-order valence-electron chi connectivity index (χ3n) is 3.59. The first-order valence-electron chi connectivity index (χ1n) is 7.35. The molecule has 1 aliphatic rings. The molecule has 2 N–H and O–H groups in total. The molecule has 1 aromatic rings. The first-order valence-corrected chi connectivity index (χ1v) is 7.35. The van der Waals surface area contributed by atoms with Crippen molar-refractivity contribution in [1.82, 2.24) is 10.2 Å². The van der Waals surface area contributed by atoms with Gasteiger partial charge in [-0.1, -0.05) is 0 Å². The maximum absolute atomic E-state index is 12.0. The molecule has 1 aliphatic heterocycles. The van der Waals surface area contributed by atoms with E-state index in [4.69, 9.17) is 5.26 Å². The van der Waals surface area contributed by atoms with Crippen LogP contribution in [-0.2, 0) is 4.79 Å². The molecule has 2 unspecified atom stereocenters. The average molecular weight is 286 g/mol. The highest BCUT2D eigenvalue weighted by atomic mass is 16.1. The van der Waals surface area contributed by atoms with Crippen LogP contribution in [0.25, 0.3) is 0 Å². The summed E-state index contributed by atoms with van der Waals surface area (Å²) in [7, 11) is 0. The molecule has 5 heteroatoms. The number of piperazine rings is 1. The van der Waals surface area contributed by atoms with Crippen molar-refractivity contribution in [2.75, 3.05) is 25.0 Å². The lowest BCUT2D eigenvalue weighted by molar-refractivity contribution is -0.116. The average Bonchev–Trinajstić information content (AvgIpc) is 2.45. The summed E-state index contributed by atoms with van der Waals surface area (Å²) in [6.45, 7) is 7.07. The largest absolute Gasteiger partial charge is 0.326 e. The predicted molar refractivity (Wildman–Crippen MR) is 82.9 cm³/mol. The molecule has 0 saturated carbocycles. The molecule has 0 aliphatic carbocycles. The molecule has 5 nitrogen and oxygen atoms in total. The van der Waals surface area contributed by atoms with Crippen LogP contribution in [0.15, 0.2) is 24.3 Å². The zero-order chi connectivity index (χ0) is 15.2. The van der Waals surface area contributed by atoms with Gasteiger partial charge in [-0.25, -0.2) is 0 Å². The van der Waals surface area contributed by atoms with Gasteiger partial charge in [0.15, 0.2) is 0 Å². The zero-order valence-corrected chi connectivity index (χ0v) is 12.6. The second kappa shape index (κ2) is 7.21. The van der Waals surface area contributed by atoms with Crippen LogP contribution in [0, 0.1) is 11.3 Å². The Labute approximate surface area is 125 Å². The highest BCUT2D eigenvalue weighted by Crippen LogP contribution is 2.10. The van der Waals surface area contributed by atoms with E-state index in [1.807, 2.05) is 0 Å². The van der Waals surface area contributed by atoms with Gasteiger partial charge in [-0.15, -0.1) is 0 Å². The van der Waals surface area contributed by atoms with Crippen molar-refractivity contribution >= 4 is 11.6 Å². The zero-order valence-electron chi connectivity index (χ0n) is 12.6. The summed E-state index contributed by atoms with van der Waals surface area (Å²) in [5, 5.41) is 15.1. The molecule has 0 aromatic heterocycles. The summed E-state index contributed by atoms with van der Waals surface area (Å²) < 4.78 is 0. The van der Waals surface area contributed by atoms with Crippen molar-refractivity contribution < 1.29 is 4.79 Å². The summed E-state index contributed by atoms with van der Waals surface area (Å²) in [6.07, 6.45) is 0.486. The lowest BCUT2D eigenvalue weighted by Gasteiger charge is -2.35. The van der Waals surface area contributed by atoms with Gasteiger partial charge in [0.1, 0.15) is 0 Å². The fourth-order valence-corrected chi connectivity index (χ4v) is 2.73. The Hall–Kier alpha value is -1.90. The highest BCUT2D eigenvalue weighted by Gasteiger charge is 2.20. The maximum atomic E-state index is 12.0. The standard InChI is InChI=1S/C16H22N4O/c1-12-10-20(11-13(2)18-12)8-7-16(21)19-15-5-3-14(9-17)4-6-15/h3-6,12-13,18H,7-8,10-11H2,1-2H3,(H,19,21). The van der Waals surface area contributed by atoms with Crippen molar-refractivity contribution in [1.29, 1.82) is 5.26 Å². The van der Waals surface area contributed by atoms with Gasteiger partial charge in [0, 0.05) is 43.8 Å². The summed E-state index contributed by atoms with van der Waals surface area (Å²) in [6, 6.07) is 9.91. The first-order chi connectivity index (χ1) is 10.1. The molecular formula is C16H22N4O. The van der Waals surface area contributed by atoms with Crippen LogP contribution >= 0.6 is 0 Å². The van der Waals surface area contributed by atoms with E-state index in [0.29, 0.717) is 24.1 Å². The van der Waals surface area contributed by atoms with E-state index < -0.39 is 0 Å². The first kappa shape index (κ1) is 15.5. The molecule has 1 fully saturated rings. The number of amides is 1. The Bertz CT molecular complexity index is 510. The minimum atomic E-state index is 0.0125. The number of nitrogens with one attached hydrogen (secondary N) is 2. The van der Waals surface area contributed by atoms with Crippen LogP contribution in [0.1, 0.15) is 25.8 Å². The number of hydrogen-bond acceptors (Lipinski definition) is 4. The third-order valence-corrected chi connectivity index (χ3v) is 3.59. The lowest BCUT2D eigenvalue weighted by atomic mass is 10.1. The number of nitrogens with zero attached hydrogens (tertiary/aromatic N) is 2. The number of anilines is 1. The van der Waals surface area contributed by atoms with E-state index in [1.165, 1.54) is 0 Å².